The lowest BCUT2D eigenvalue weighted by Crippen LogP contribution is -2.32. The Labute approximate surface area is 193 Å². The summed E-state index contributed by atoms with van der Waals surface area (Å²) in [6.07, 6.45) is 1.44. The van der Waals surface area contributed by atoms with Crippen molar-refractivity contribution in [3.8, 4) is 11.1 Å². The normalized spacial score (nSPS) is 11.9. The Hall–Kier alpha value is -2.31. The molecule has 0 unspecified atom stereocenters. The summed E-state index contributed by atoms with van der Waals surface area (Å²) >= 11 is 3.29. The highest BCUT2D eigenvalue weighted by molar-refractivity contribution is 8.01. The first-order valence-corrected chi connectivity index (χ1v) is 11.9. The van der Waals surface area contributed by atoms with Crippen molar-refractivity contribution in [2.45, 2.75) is 68.2 Å². The molecule has 0 radical (unpaired) electrons. The predicted molar refractivity (Wildman–Crippen MR) is 130 cm³/mol. The van der Waals surface area contributed by atoms with Gasteiger partial charge in [0.1, 0.15) is 10.6 Å². The minimum atomic E-state index is -0.511. The van der Waals surface area contributed by atoms with Crippen LogP contribution in [0.25, 0.3) is 11.1 Å². The molecular weight excluding hydrogens is 424 g/mol. The second kappa shape index (κ2) is 9.45. The Bertz CT molecular complexity index is 1030. The van der Waals surface area contributed by atoms with Gasteiger partial charge in [-0.05, 0) is 55.0 Å². The molecule has 4 nitrogen and oxygen atoms in total. The van der Waals surface area contributed by atoms with Crippen molar-refractivity contribution in [2.75, 3.05) is 0 Å². The standard InChI is InChI=1S/C25H30N2O2S2/c1-24(2,3)19-12-18(17-10-8-7-9-11-17)13-20(14-19)30-22-16-26-21(31-22)15-27-23(28)29-25(4,5)6/h7-14,16H,15H2,1-6H3,(H,27,28). The van der Waals surface area contributed by atoms with Gasteiger partial charge in [-0.25, -0.2) is 9.78 Å². The van der Waals surface area contributed by atoms with E-state index >= 15 is 0 Å². The summed E-state index contributed by atoms with van der Waals surface area (Å²) in [4.78, 5) is 17.5. The minimum Gasteiger partial charge on any atom is -0.444 e. The van der Waals surface area contributed by atoms with E-state index in [0.29, 0.717) is 6.54 Å². The van der Waals surface area contributed by atoms with Gasteiger partial charge in [-0.3, -0.25) is 0 Å². The van der Waals surface area contributed by atoms with Gasteiger partial charge in [0.05, 0.1) is 17.0 Å². The molecule has 0 bridgehead atoms. The number of hydrogen-bond acceptors (Lipinski definition) is 5. The van der Waals surface area contributed by atoms with Crippen molar-refractivity contribution in [2.24, 2.45) is 0 Å². The van der Waals surface area contributed by atoms with E-state index in [2.05, 4.69) is 73.5 Å². The van der Waals surface area contributed by atoms with Crippen molar-refractivity contribution in [1.29, 1.82) is 0 Å². The number of thiazole rings is 1. The van der Waals surface area contributed by atoms with Gasteiger partial charge in [0, 0.05) is 4.90 Å². The quantitative estimate of drug-likeness (QED) is 0.440. The molecule has 1 heterocycles. The largest absolute Gasteiger partial charge is 0.444 e. The Morgan fingerprint density at radius 1 is 1.03 bits per heavy atom. The van der Waals surface area contributed by atoms with Crippen LogP contribution in [0.15, 0.2) is 63.8 Å². The van der Waals surface area contributed by atoms with E-state index in [1.165, 1.54) is 21.6 Å². The lowest BCUT2D eigenvalue weighted by molar-refractivity contribution is 0.0523. The fourth-order valence-corrected chi connectivity index (χ4v) is 4.93. The molecule has 3 rings (SSSR count). The monoisotopic (exact) mass is 454 g/mol. The van der Waals surface area contributed by atoms with Gasteiger partial charge >= 0.3 is 6.09 Å². The highest BCUT2D eigenvalue weighted by Crippen LogP contribution is 2.37. The molecule has 3 aromatic rings. The van der Waals surface area contributed by atoms with E-state index in [-0.39, 0.29) is 5.41 Å². The lowest BCUT2D eigenvalue weighted by Gasteiger charge is -2.21. The fraction of sp³-hybridized carbons (Fsp3) is 0.360. The molecule has 1 aromatic heterocycles. The van der Waals surface area contributed by atoms with E-state index in [9.17, 15) is 4.79 Å². The summed E-state index contributed by atoms with van der Waals surface area (Å²) < 4.78 is 6.37. The molecule has 1 N–H and O–H groups in total. The number of alkyl carbamates (subject to hydrolysis) is 1. The molecule has 2 aromatic carbocycles. The molecule has 0 fully saturated rings. The highest BCUT2D eigenvalue weighted by atomic mass is 32.2. The number of carbonyl (C=O) groups is 1. The predicted octanol–water partition coefficient (Wildman–Crippen LogP) is 7.28. The summed E-state index contributed by atoms with van der Waals surface area (Å²) in [5.41, 5.74) is 3.26. The molecule has 0 atom stereocenters. The number of carbonyl (C=O) groups excluding carboxylic acids is 1. The van der Waals surface area contributed by atoms with Crippen LogP contribution in [0.4, 0.5) is 4.79 Å². The first-order chi connectivity index (χ1) is 14.5. The molecule has 6 heteroatoms. The van der Waals surface area contributed by atoms with Crippen molar-refractivity contribution in [3.05, 3.63) is 65.3 Å². The van der Waals surface area contributed by atoms with Crippen LogP contribution in [-0.2, 0) is 16.7 Å². The molecule has 0 aliphatic carbocycles. The Kier molecular flexibility index (Phi) is 7.12. The lowest BCUT2D eigenvalue weighted by atomic mass is 9.85. The summed E-state index contributed by atoms with van der Waals surface area (Å²) in [6.45, 7) is 12.6. The second-order valence-electron chi connectivity index (χ2n) is 9.39. The summed E-state index contributed by atoms with van der Waals surface area (Å²) in [7, 11) is 0. The van der Waals surface area contributed by atoms with Crippen LogP contribution in [0.3, 0.4) is 0 Å². The molecule has 164 valence electrons. The fourth-order valence-electron chi connectivity index (χ4n) is 2.89. The molecule has 31 heavy (non-hydrogen) atoms. The van der Waals surface area contributed by atoms with Gasteiger partial charge in [0.25, 0.3) is 0 Å². The second-order valence-corrected chi connectivity index (χ2v) is 11.9. The number of aromatic nitrogens is 1. The first-order valence-electron chi connectivity index (χ1n) is 10.3. The molecule has 0 spiro atoms. The smallest absolute Gasteiger partial charge is 0.408 e. The number of ether oxygens (including phenoxy) is 1. The number of benzene rings is 2. The summed E-state index contributed by atoms with van der Waals surface area (Å²) in [5.74, 6) is 0. The van der Waals surface area contributed by atoms with Crippen molar-refractivity contribution in [3.63, 3.8) is 0 Å². The number of hydrogen-bond donors (Lipinski definition) is 1. The maximum atomic E-state index is 11.9. The topological polar surface area (TPSA) is 51.2 Å². The summed E-state index contributed by atoms with van der Waals surface area (Å²) in [6, 6.07) is 17.2. The summed E-state index contributed by atoms with van der Waals surface area (Å²) in [5, 5.41) is 3.62. The van der Waals surface area contributed by atoms with Crippen LogP contribution in [0.1, 0.15) is 52.1 Å². The maximum absolute atomic E-state index is 11.9. The third kappa shape index (κ3) is 7.11. The SMILES string of the molecule is CC(C)(C)OC(=O)NCc1ncc(Sc2cc(-c3ccccc3)cc(C(C)(C)C)c2)s1. The van der Waals surface area contributed by atoms with Gasteiger partial charge in [-0.15, -0.1) is 11.3 Å². The van der Waals surface area contributed by atoms with Crippen LogP contribution in [0, 0.1) is 0 Å². The first kappa shape index (κ1) is 23.4. The number of nitrogens with zero attached hydrogens (tertiary/aromatic N) is 1. The van der Waals surface area contributed by atoms with Crippen LogP contribution in [-0.4, -0.2) is 16.7 Å². The van der Waals surface area contributed by atoms with Crippen LogP contribution >= 0.6 is 23.1 Å². The van der Waals surface area contributed by atoms with Gasteiger partial charge < -0.3 is 10.1 Å². The third-order valence-electron chi connectivity index (χ3n) is 4.41. The van der Waals surface area contributed by atoms with Crippen LogP contribution in [0.2, 0.25) is 0 Å². The molecule has 0 saturated heterocycles. The number of rotatable bonds is 5. The van der Waals surface area contributed by atoms with Crippen molar-refractivity contribution < 1.29 is 9.53 Å². The van der Waals surface area contributed by atoms with E-state index < -0.39 is 11.7 Å². The highest BCUT2D eigenvalue weighted by Gasteiger charge is 2.18. The van der Waals surface area contributed by atoms with E-state index in [0.717, 1.165) is 9.22 Å². The Morgan fingerprint density at radius 2 is 1.74 bits per heavy atom. The van der Waals surface area contributed by atoms with Gasteiger partial charge in [-0.2, -0.15) is 0 Å². The van der Waals surface area contributed by atoms with E-state index in [4.69, 9.17) is 4.74 Å². The van der Waals surface area contributed by atoms with E-state index in [1.807, 2.05) is 33.0 Å². The molecular formula is C25H30N2O2S2. The van der Waals surface area contributed by atoms with Crippen LogP contribution < -0.4 is 5.32 Å². The Balaban J connectivity index is 1.76. The van der Waals surface area contributed by atoms with Gasteiger partial charge in [-0.1, -0.05) is 68.9 Å². The zero-order valence-electron chi connectivity index (χ0n) is 19.0. The minimum absolute atomic E-state index is 0.0519. The Morgan fingerprint density at radius 3 is 2.39 bits per heavy atom. The molecule has 0 aliphatic rings. The zero-order chi connectivity index (χ0) is 22.6. The number of nitrogens with one attached hydrogen (secondary N) is 1. The van der Waals surface area contributed by atoms with Gasteiger partial charge in [0.15, 0.2) is 0 Å². The van der Waals surface area contributed by atoms with Crippen molar-refractivity contribution in [1.82, 2.24) is 10.3 Å². The van der Waals surface area contributed by atoms with E-state index in [1.54, 1.807) is 23.1 Å². The van der Waals surface area contributed by atoms with Crippen LogP contribution in [0.5, 0.6) is 0 Å². The number of amides is 1. The average Bonchev–Trinajstić information content (AvgIpc) is 3.12. The zero-order valence-corrected chi connectivity index (χ0v) is 20.6. The molecule has 1 amide bonds. The van der Waals surface area contributed by atoms with Crippen molar-refractivity contribution >= 4 is 29.2 Å². The average molecular weight is 455 g/mol. The maximum Gasteiger partial charge on any atom is 0.408 e. The molecule has 0 saturated carbocycles. The third-order valence-corrected chi connectivity index (χ3v) is 6.48. The van der Waals surface area contributed by atoms with Gasteiger partial charge in [0.2, 0.25) is 0 Å². The molecule has 0 aliphatic heterocycles.